The van der Waals surface area contributed by atoms with Gasteiger partial charge in [0.05, 0.1) is 6.54 Å². The van der Waals surface area contributed by atoms with Gasteiger partial charge in [-0.2, -0.15) is 4.39 Å². The van der Waals surface area contributed by atoms with Crippen molar-refractivity contribution in [2.75, 3.05) is 13.6 Å². The van der Waals surface area contributed by atoms with E-state index in [1.807, 2.05) is 7.05 Å². The Morgan fingerprint density at radius 3 is 3.00 bits per heavy atom. The Balaban J connectivity index is 2.81. The van der Waals surface area contributed by atoms with Crippen molar-refractivity contribution in [3.05, 3.63) is 29.3 Å². The Hall–Kier alpha value is -1.40. The summed E-state index contributed by atoms with van der Waals surface area (Å²) >= 11 is 0. The Bertz CT molecular complexity index is 350. The van der Waals surface area contributed by atoms with E-state index in [4.69, 9.17) is 0 Å². The molecule has 0 aliphatic carbocycles. The zero-order valence-electron chi connectivity index (χ0n) is 7.69. The fourth-order valence-corrected chi connectivity index (χ4v) is 0.861. The Labute approximate surface area is 77.2 Å². The first-order valence-corrected chi connectivity index (χ1v) is 3.99. The number of halogens is 1. The molecule has 2 nitrogen and oxygen atoms in total. The molecule has 0 saturated carbocycles. The van der Waals surface area contributed by atoms with Gasteiger partial charge in [-0.3, -0.25) is 0 Å². The van der Waals surface area contributed by atoms with Gasteiger partial charge in [-0.1, -0.05) is 11.8 Å². The molecule has 0 aromatic carbocycles. The minimum atomic E-state index is -0.431. The molecule has 0 saturated heterocycles. The topological polar surface area (TPSA) is 24.9 Å². The van der Waals surface area contributed by atoms with Crippen LogP contribution in [0.3, 0.4) is 0 Å². The molecule has 0 spiro atoms. The van der Waals surface area contributed by atoms with E-state index in [-0.39, 0.29) is 0 Å². The van der Waals surface area contributed by atoms with E-state index in [0.29, 0.717) is 12.1 Å². The minimum absolute atomic E-state index is 0.431. The number of aromatic nitrogens is 1. The van der Waals surface area contributed by atoms with Gasteiger partial charge < -0.3 is 5.32 Å². The van der Waals surface area contributed by atoms with Crippen LogP contribution in [-0.2, 0) is 0 Å². The molecule has 0 aliphatic heterocycles. The van der Waals surface area contributed by atoms with Gasteiger partial charge in [0.15, 0.2) is 0 Å². The number of hydrogen-bond donors (Lipinski definition) is 1. The molecule has 1 aromatic rings. The third-order valence-electron chi connectivity index (χ3n) is 1.51. The Morgan fingerprint density at radius 1 is 1.62 bits per heavy atom. The highest BCUT2D eigenvalue weighted by atomic mass is 19.1. The van der Waals surface area contributed by atoms with Crippen LogP contribution in [0.25, 0.3) is 0 Å². The van der Waals surface area contributed by atoms with E-state index in [0.717, 1.165) is 5.56 Å². The van der Waals surface area contributed by atoms with Gasteiger partial charge in [-0.25, -0.2) is 4.98 Å². The first-order chi connectivity index (χ1) is 6.24. The van der Waals surface area contributed by atoms with Crippen molar-refractivity contribution in [2.45, 2.75) is 6.92 Å². The average Bonchev–Trinajstić information content (AvgIpc) is 2.12. The maximum atomic E-state index is 12.7. The largest absolute Gasteiger partial charge is 0.309 e. The smallest absolute Gasteiger partial charge is 0.215 e. The molecule has 0 fully saturated rings. The summed E-state index contributed by atoms with van der Waals surface area (Å²) in [4.78, 5) is 3.57. The maximum absolute atomic E-state index is 12.7. The summed E-state index contributed by atoms with van der Waals surface area (Å²) in [6.45, 7) is 2.29. The van der Waals surface area contributed by atoms with Crippen molar-refractivity contribution in [3.8, 4) is 11.8 Å². The van der Waals surface area contributed by atoms with Gasteiger partial charge in [-0.15, -0.1) is 0 Å². The molecule has 0 bridgehead atoms. The lowest BCUT2D eigenvalue weighted by molar-refractivity contribution is 0.574. The van der Waals surface area contributed by atoms with E-state index < -0.39 is 5.95 Å². The zero-order valence-corrected chi connectivity index (χ0v) is 7.69. The summed E-state index contributed by atoms with van der Waals surface area (Å²) in [6, 6.07) is 1.69. The number of nitrogens with one attached hydrogen (secondary N) is 1. The van der Waals surface area contributed by atoms with Crippen LogP contribution in [-0.4, -0.2) is 18.6 Å². The summed E-state index contributed by atoms with van der Waals surface area (Å²) in [6.07, 6.45) is 1.44. The first-order valence-electron chi connectivity index (χ1n) is 3.99. The van der Waals surface area contributed by atoms with Gasteiger partial charge in [0.25, 0.3) is 0 Å². The number of hydrogen-bond acceptors (Lipinski definition) is 2. The first kappa shape index (κ1) is 9.69. The van der Waals surface area contributed by atoms with Crippen molar-refractivity contribution < 1.29 is 4.39 Å². The molecule has 0 radical (unpaired) electrons. The number of aryl methyl sites for hydroxylation is 1. The van der Waals surface area contributed by atoms with Crippen LogP contribution < -0.4 is 5.32 Å². The molecule has 13 heavy (non-hydrogen) atoms. The monoisotopic (exact) mass is 178 g/mol. The van der Waals surface area contributed by atoms with Crippen LogP contribution in [0.2, 0.25) is 0 Å². The quantitative estimate of drug-likeness (QED) is 0.514. The van der Waals surface area contributed by atoms with Crippen LogP contribution >= 0.6 is 0 Å². The summed E-state index contributed by atoms with van der Waals surface area (Å²) < 4.78 is 12.7. The van der Waals surface area contributed by atoms with Crippen LogP contribution in [0.15, 0.2) is 12.3 Å². The van der Waals surface area contributed by atoms with Crippen molar-refractivity contribution in [2.24, 2.45) is 0 Å². The van der Waals surface area contributed by atoms with Crippen LogP contribution in [0, 0.1) is 24.7 Å². The second kappa shape index (κ2) is 4.58. The number of pyridine rings is 1. The fourth-order valence-electron chi connectivity index (χ4n) is 0.861. The highest BCUT2D eigenvalue weighted by Gasteiger charge is 1.97. The standard InChI is InChI=1S/C10H11FN2/c1-8-6-9(4-3-5-12-2)7-13-10(8)11/h6-7,12H,5H2,1-2H3. The summed E-state index contributed by atoms with van der Waals surface area (Å²) in [7, 11) is 1.82. The predicted octanol–water partition coefficient (Wildman–Crippen LogP) is 1.10. The normalized spacial score (nSPS) is 9.15. The van der Waals surface area contributed by atoms with E-state index >= 15 is 0 Å². The third-order valence-corrected chi connectivity index (χ3v) is 1.51. The van der Waals surface area contributed by atoms with Gasteiger partial charge in [-0.05, 0) is 20.0 Å². The molecule has 1 N–H and O–H groups in total. The molecule has 0 unspecified atom stereocenters. The lowest BCUT2D eigenvalue weighted by Crippen LogP contribution is -2.04. The molecular formula is C10H11FN2. The minimum Gasteiger partial charge on any atom is -0.309 e. The lowest BCUT2D eigenvalue weighted by Gasteiger charge is -1.94. The molecule has 0 atom stereocenters. The van der Waals surface area contributed by atoms with E-state index in [2.05, 4.69) is 22.1 Å². The highest BCUT2D eigenvalue weighted by molar-refractivity contribution is 5.34. The molecule has 1 aromatic heterocycles. The van der Waals surface area contributed by atoms with Crippen molar-refractivity contribution in [1.29, 1.82) is 0 Å². The fraction of sp³-hybridized carbons (Fsp3) is 0.300. The second-order valence-electron chi connectivity index (χ2n) is 2.66. The zero-order chi connectivity index (χ0) is 9.68. The highest BCUT2D eigenvalue weighted by Crippen LogP contribution is 2.04. The number of rotatable bonds is 1. The van der Waals surface area contributed by atoms with E-state index in [1.54, 1.807) is 13.0 Å². The summed E-state index contributed by atoms with van der Waals surface area (Å²) in [5.41, 5.74) is 1.27. The van der Waals surface area contributed by atoms with Crippen LogP contribution in [0.5, 0.6) is 0 Å². The third kappa shape index (κ3) is 2.85. The van der Waals surface area contributed by atoms with E-state index in [1.165, 1.54) is 6.20 Å². The van der Waals surface area contributed by atoms with Crippen molar-refractivity contribution >= 4 is 0 Å². The molecule has 68 valence electrons. The molecule has 1 heterocycles. The Morgan fingerprint density at radius 2 is 2.38 bits per heavy atom. The SMILES string of the molecule is CNCC#Cc1cnc(F)c(C)c1. The lowest BCUT2D eigenvalue weighted by atomic mass is 10.2. The molecule has 0 amide bonds. The van der Waals surface area contributed by atoms with Gasteiger partial charge >= 0.3 is 0 Å². The van der Waals surface area contributed by atoms with E-state index in [9.17, 15) is 4.39 Å². The maximum Gasteiger partial charge on any atom is 0.215 e. The van der Waals surface area contributed by atoms with Crippen LogP contribution in [0.4, 0.5) is 4.39 Å². The molecule has 1 rings (SSSR count). The molecule has 0 aliphatic rings. The summed E-state index contributed by atoms with van der Waals surface area (Å²) in [5.74, 6) is 5.32. The van der Waals surface area contributed by atoms with Gasteiger partial charge in [0.1, 0.15) is 0 Å². The van der Waals surface area contributed by atoms with Crippen LogP contribution in [0.1, 0.15) is 11.1 Å². The molecular weight excluding hydrogens is 167 g/mol. The Kier molecular flexibility index (Phi) is 3.41. The molecule has 3 heteroatoms. The number of nitrogens with zero attached hydrogens (tertiary/aromatic N) is 1. The van der Waals surface area contributed by atoms with Gasteiger partial charge in [0, 0.05) is 17.3 Å². The van der Waals surface area contributed by atoms with Gasteiger partial charge in [0.2, 0.25) is 5.95 Å². The van der Waals surface area contributed by atoms with Crippen molar-refractivity contribution in [1.82, 2.24) is 10.3 Å². The average molecular weight is 178 g/mol. The predicted molar refractivity (Wildman–Crippen MR) is 49.7 cm³/mol. The van der Waals surface area contributed by atoms with Crippen molar-refractivity contribution in [3.63, 3.8) is 0 Å². The second-order valence-corrected chi connectivity index (χ2v) is 2.66. The summed E-state index contributed by atoms with van der Waals surface area (Å²) in [5, 5.41) is 2.90.